The highest BCUT2D eigenvalue weighted by atomic mass is 32.2. The molecule has 0 aromatic carbocycles. The second-order valence-electron chi connectivity index (χ2n) is 6.45. The number of thioether (sulfide) groups is 2. The van der Waals surface area contributed by atoms with Crippen molar-refractivity contribution in [2.45, 2.75) is 96.5 Å². The molecule has 2 atom stereocenters. The standard InChI is InChI=1S/2C10H18O3S/c1-4-5-10(14-9(3)12)6-7-13-8(2)11;1-3-5-9(14-8(2)11)6-4-7-10(12)13/h10H,4-7H2,1-3H3;9H,3-7H2,1-2H3,(H,12,13). The van der Waals surface area contributed by atoms with Crippen LogP contribution in [0.1, 0.15) is 86.0 Å². The van der Waals surface area contributed by atoms with Gasteiger partial charge < -0.3 is 9.84 Å². The van der Waals surface area contributed by atoms with E-state index >= 15 is 0 Å². The Morgan fingerprint density at radius 1 is 0.821 bits per heavy atom. The first kappa shape index (κ1) is 29.2. The van der Waals surface area contributed by atoms with Crippen molar-refractivity contribution in [3.05, 3.63) is 0 Å². The van der Waals surface area contributed by atoms with Crippen LogP contribution in [0.3, 0.4) is 0 Å². The van der Waals surface area contributed by atoms with E-state index in [-0.39, 0.29) is 27.9 Å². The lowest BCUT2D eigenvalue weighted by molar-refractivity contribution is -0.141. The van der Waals surface area contributed by atoms with Crippen molar-refractivity contribution in [2.24, 2.45) is 0 Å². The van der Waals surface area contributed by atoms with Gasteiger partial charge in [-0.25, -0.2) is 0 Å². The predicted octanol–water partition coefficient (Wildman–Crippen LogP) is 5.08. The zero-order valence-corrected chi connectivity index (χ0v) is 19.5. The number of carboxylic acid groups (broad SMARTS) is 1. The van der Waals surface area contributed by atoms with Gasteiger partial charge in [0.2, 0.25) is 0 Å². The van der Waals surface area contributed by atoms with Crippen molar-refractivity contribution < 1.29 is 29.0 Å². The quantitative estimate of drug-likeness (QED) is 0.399. The number of ether oxygens (including phenoxy) is 1. The van der Waals surface area contributed by atoms with E-state index in [2.05, 4.69) is 13.8 Å². The third-order valence-electron chi connectivity index (χ3n) is 3.55. The van der Waals surface area contributed by atoms with Crippen molar-refractivity contribution in [3.8, 4) is 0 Å². The summed E-state index contributed by atoms with van der Waals surface area (Å²) >= 11 is 2.69. The van der Waals surface area contributed by atoms with Gasteiger partial charge in [0, 0.05) is 37.7 Å². The maximum atomic E-state index is 10.9. The largest absolute Gasteiger partial charge is 0.481 e. The third-order valence-corrected chi connectivity index (χ3v) is 5.82. The average Bonchev–Trinajstić information content (AvgIpc) is 2.54. The molecule has 8 heteroatoms. The average molecular weight is 437 g/mol. The van der Waals surface area contributed by atoms with Gasteiger partial charge in [-0.15, -0.1) is 0 Å². The lowest BCUT2D eigenvalue weighted by Gasteiger charge is -2.13. The summed E-state index contributed by atoms with van der Waals surface area (Å²) in [5.74, 6) is -1.01. The van der Waals surface area contributed by atoms with Gasteiger partial charge in [-0.1, -0.05) is 50.2 Å². The van der Waals surface area contributed by atoms with Gasteiger partial charge in [0.05, 0.1) is 6.61 Å². The van der Waals surface area contributed by atoms with Crippen molar-refractivity contribution in [1.29, 1.82) is 0 Å². The minimum absolute atomic E-state index is 0.124. The summed E-state index contributed by atoms with van der Waals surface area (Å²) in [5, 5.41) is 9.31. The molecule has 0 saturated carbocycles. The van der Waals surface area contributed by atoms with E-state index in [1.165, 1.54) is 30.4 Å². The summed E-state index contributed by atoms with van der Waals surface area (Å²) in [5.41, 5.74) is 0. The number of carbonyl (C=O) groups excluding carboxylic acids is 3. The van der Waals surface area contributed by atoms with Gasteiger partial charge in [0.15, 0.2) is 10.2 Å². The molecule has 0 fully saturated rings. The predicted molar refractivity (Wildman–Crippen MR) is 117 cm³/mol. The van der Waals surface area contributed by atoms with E-state index in [0.29, 0.717) is 18.3 Å². The molecule has 28 heavy (non-hydrogen) atoms. The van der Waals surface area contributed by atoms with E-state index in [1.54, 1.807) is 13.8 Å². The molecule has 0 bridgehead atoms. The molecule has 1 N–H and O–H groups in total. The molecule has 0 aliphatic rings. The normalized spacial score (nSPS) is 12.3. The van der Waals surface area contributed by atoms with Gasteiger partial charge in [-0.2, -0.15) is 0 Å². The molecule has 0 radical (unpaired) electrons. The Hall–Kier alpha value is -1.02. The number of carbonyl (C=O) groups is 4. The molecule has 0 aliphatic carbocycles. The molecule has 0 spiro atoms. The number of hydrogen-bond donors (Lipinski definition) is 1. The van der Waals surface area contributed by atoms with Crippen LogP contribution < -0.4 is 0 Å². The Morgan fingerprint density at radius 3 is 1.64 bits per heavy atom. The van der Waals surface area contributed by atoms with Gasteiger partial charge in [-0.3, -0.25) is 19.2 Å². The molecular weight excluding hydrogens is 400 g/mol. The smallest absolute Gasteiger partial charge is 0.303 e. The highest BCUT2D eigenvalue weighted by molar-refractivity contribution is 8.14. The fraction of sp³-hybridized carbons (Fsp3) is 0.800. The number of rotatable bonds is 13. The molecule has 0 heterocycles. The maximum absolute atomic E-state index is 10.9. The molecule has 0 rings (SSSR count). The van der Waals surface area contributed by atoms with Crippen molar-refractivity contribution >= 4 is 45.7 Å². The fourth-order valence-electron chi connectivity index (χ4n) is 2.45. The van der Waals surface area contributed by atoms with Crippen molar-refractivity contribution in [2.75, 3.05) is 6.61 Å². The lowest BCUT2D eigenvalue weighted by Crippen LogP contribution is -2.11. The molecule has 0 saturated heterocycles. The van der Waals surface area contributed by atoms with Crippen molar-refractivity contribution in [3.63, 3.8) is 0 Å². The zero-order valence-electron chi connectivity index (χ0n) is 17.8. The third kappa shape index (κ3) is 23.0. The number of esters is 1. The summed E-state index contributed by atoms with van der Waals surface area (Å²) < 4.78 is 4.84. The molecule has 0 aliphatic heterocycles. The molecule has 0 aromatic rings. The Labute approximate surface area is 177 Å². The first-order chi connectivity index (χ1) is 13.1. The highest BCUT2D eigenvalue weighted by Gasteiger charge is 2.12. The minimum atomic E-state index is -0.756. The van der Waals surface area contributed by atoms with Crippen LogP contribution in [-0.2, 0) is 23.9 Å². The number of aliphatic carboxylic acids is 1. The van der Waals surface area contributed by atoms with E-state index in [0.717, 1.165) is 38.5 Å². The minimum Gasteiger partial charge on any atom is -0.481 e. The van der Waals surface area contributed by atoms with Gasteiger partial charge in [0.25, 0.3) is 0 Å². The van der Waals surface area contributed by atoms with Crippen LogP contribution in [0.15, 0.2) is 0 Å². The first-order valence-electron chi connectivity index (χ1n) is 9.81. The Morgan fingerprint density at radius 2 is 1.29 bits per heavy atom. The summed E-state index contributed by atoms with van der Waals surface area (Å²) in [6, 6.07) is 0. The van der Waals surface area contributed by atoms with Gasteiger partial charge in [-0.05, 0) is 32.1 Å². The zero-order chi connectivity index (χ0) is 21.9. The molecule has 6 nitrogen and oxygen atoms in total. The number of carboxylic acids is 1. The van der Waals surface area contributed by atoms with Crippen LogP contribution in [-0.4, -0.2) is 44.4 Å². The monoisotopic (exact) mass is 436 g/mol. The fourth-order valence-corrected chi connectivity index (χ4v) is 4.60. The molecular formula is C20H36O6S2. The molecule has 0 aromatic heterocycles. The Bertz CT molecular complexity index is 426. The van der Waals surface area contributed by atoms with Gasteiger partial charge in [0.1, 0.15) is 0 Å². The van der Waals surface area contributed by atoms with E-state index in [4.69, 9.17) is 9.84 Å². The molecule has 2 unspecified atom stereocenters. The second-order valence-corrected chi connectivity index (χ2v) is 9.41. The topological polar surface area (TPSA) is 97.7 Å². The highest BCUT2D eigenvalue weighted by Crippen LogP contribution is 2.22. The first-order valence-corrected chi connectivity index (χ1v) is 11.6. The van der Waals surface area contributed by atoms with Crippen LogP contribution in [0.5, 0.6) is 0 Å². The second kappa shape index (κ2) is 19.3. The summed E-state index contributed by atoms with van der Waals surface area (Å²) in [7, 11) is 0. The van der Waals surface area contributed by atoms with Crippen molar-refractivity contribution in [1.82, 2.24) is 0 Å². The van der Waals surface area contributed by atoms with Crippen LogP contribution in [0, 0.1) is 0 Å². The Balaban J connectivity index is 0. The summed E-state index contributed by atoms with van der Waals surface area (Å²) in [6.45, 7) is 9.10. The molecule has 164 valence electrons. The van der Waals surface area contributed by atoms with Crippen LogP contribution in [0.4, 0.5) is 0 Å². The van der Waals surface area contributed by atoms with Crippen LogP contribution in [0.25, 0.3) is 0 Å². The SMILES string of the molecule is CCCC(CCCC(=O)O)SC(C)=O.CCCC(CCOC(C)=O)SC(C)=O. The summed E-state index contributed by atoms with van der Waals surface area (Å²) in [4.78, 5) is 42.6. The number of hydrogen-bond acceptors (Lipinski definition) is 7. The Kier molecular flexibility index (Phi) is 20.1. The van der Waals surface area contributed by atoms with Crippen LogP contribution in [0.2, 0.25) is 0 Å². The maximum Gasteiger partial charge on any atom is 0.303 e. The van der Waals surface area contributed by atoms with Crippen LogP contribution >= 0.6 is 23.5 Å². The molecule has 0 amide bonds. The van der Waals surface area contributed by atoms with E-state index in [1.807, 2.05) is 0 Å². The van der Waals surface area contributed by atoms with Gasteiger partial charge >= 0.3 is 11.9 Å². The van der Waals surface area contributed by atoms with E-state index < -0.39 is 5.97 Å². The summed E-state index contributed by atoms with van der Waals surface area (Å²) in [6.07, 6.45) is 6.53. The lowest BCUT2D eigenvalue weighted by atomic mass is 10.1. The van der Waals surface area contributed by atoms with E-state index in [9.17, 15) is 19.2 Å².